The molecule has 2 aromatic carbocycles. The first-order valence-corrected chi connectivity index (χ1v) is 8.52. The minimum atomic E-state index is -0.0571. The molecule has 2 N–H and O–H groups in total. The van der Waals surface area contributed by atoms with E-state index in [2.05, 4.69) is 75.9 Å². The molecule has 0 bridgehead atoms. The molecule has 3 aromatic rings. The molecule has 1 atom stereocenters. The smallest absolute Gasteiger partial charge is 0.0701 e. The van der Waals surface area contributed by atoms with E-state index in [0.717, 1.165) is 21.3 Å². The highest BCUT2D eigenvalue weighted by Crippen LogP contribution is 2.28. The highest BCUT2D eigenvalue weighted by Gasteiger charge is 2.10. The summed E-state index contributed by atoms with van der Waals surface area (Å²) in [6, 6.07) is 21.2. The van der Waals surface area contributed by atoms with Gasteiger partial charge in [-0.25, -0.2) is 0 Å². The SMILES string of the molecule is NC(c1ccc(Cc2ccccc2)cc1)c1csc(Br)c1. The Hall–Kier alpha value is -1.42. The van der Waals surface area contributed by atoms with E-state index in [0.29, 0.717) is 0 Å². The van der Waals surface area contributed by atoms with Gasteiger partial charge in [0, 0.05) is 0 Å². The summed E-state index contributed by atoms with van der Waals surface area (Å²) in [6.45, 7) is 0. The number of nitrogens with two attached hydrogens (primary N) is 1. The molecule has 0 aliphatic carbocycles. The number of hydrogen-bond donors (Lipinski definition) is 1. The molecule has 106 valence electrons. The second-order valence-corrected chi connectivity index (χ2v) is 7.36. The van der Waals surface area contributed by atoms with Crippen LogP contribution in [0.5, 0.6) is 0 Å². The van der Waals surface area contributed by atoms with Gasteiger partial charge in [-0.15, -0.1) is 11.3 Å². The maximum atomic E-state index is 6.32. The van der Waals surface area contributed by atoms with Crippen LogP contribution < -0.4 is 5.73 Å². The standard InChI is InChI=1S/C18H16BrNS/c19-17-11-16(12-21-17)18(20)15-8-6-14(7-9-15)10-13-4-2-1-3-5-13/h1-9,11-12,18H,10,20H2. The average Bonchev–Trinajstić information content (AvgIpc) is 2.95. The van der Waals surface area contributed by atoms with Crippen LogP contribution in [0, 0.1) is 0 Å². The minimum absolute atomic E-state index is 0.0571. The lowest BCUT2D eigenvalue weighted by Crippen LogP contribution is -2.10. The fraction of sp³-hybridized carbons (Fsp3) is 0.111. The molecule has 0 spiro atoms. The van der Waals surface area contributed by atoms with Crippen molar-refractivity contribution in [2.45, 2.75) is 12.5 Å². The van der Waals surface area contributed by atoms with Crippen LogP contribution in [-0.4, -0.2) is 0 Å². The molecule has 0 amide bonds. The molecule has 21 heavy (non-hydrogen) atoms. The summed E-state index contributed by atoms with van der Waals surface area (Å²) in [5, 5.41) is 2.10. The fourth-order valence-electron chi connectivity index (χ4n) is 2.35. The van der Waals surface area contributed by atoms with Gasteiger partial charge in [-0.2, -0.15) is 0 Å². The van der Waals surface area contributed by atoms with E-state index in [4.69, 9.17) is 5.73 Å². The average molecular weight is 358 g/mol. The first-order valence-electron chi connectivity index (χ1n) is 6.84. The highest BCUT2D eigenvalue weighted by atomic mass is 79.9. The predicted molar refractivity (Wildman–Crippen MR) is 93.7 cm³/mol. The van der Waals surface area contributed by atoms with Gasteiger partial charge in [-0.1, -0.05) is 54.6 Å². The number of benzene rings is 2. The van der Waals surface area contributed by atoms with Crippen LogP contribution in [0.4, 0.5) is 0 Å². The Morgan fingerprint density at radius 2 is 1.57 bits per heavy atom. The van der Waals surface area contributed by atoms with Crippen LogP contribution in [0.3, 0.4) is 0 Å². The molecule has 1 heterocycles. The Labute approximate surface area is 137 Å². The van der Waals surface area contributed by atoms with Gasteiger partial charge in [-0.05, 0) is 56.1 Å². The van der Waals surface area contributed by atoms with Crippen molar-refractivity contribution < 1.29 is 0 Å². The molecule has 0 saturated carbocycles. The van der Waals surface area contributed by atoms with E-state index in [-0.39, 0.29) is 6.04 Å². The zero-order valence-electron chi connectivity index (χ0n) is 11.5. The Morgan fingerprint density at radius 3 is 2.19 bits per heavy atom. The van der Waals surface area contributed by atoms with Crippen LogP contribution in [-0.2, 0) is 6.42 Å². The number of rotatable bonds is 4. The first-order chi connectivity index (χ1) is 10.2. The van der Waals surface area contributed by atoms with Crippen molar-refractivity contribution in [3.8, 4) is 0 Å². The van der Waals surface area contributed by atoms with E-state index in [1.54, 1.807) is 11.3 Å². The molecule has 0 radical (unpaired) electrons. The molecule has 0 aliphatic rings. The van der Waals surface area contributed by atoms with Crippen LogP contribution in [0.1, 0.15) is 28.3 Å². The molecule has 1 aromatic heterocycles. The zero-order valence-corrected chi connectivity index (χ0v) is 13.9. The third kappa shape index (κ3) is 3.62. The van der Waals surface area contributed by atoms with Gasteiger partial charge < -0.3 is 5.73 Å². The van der Waals surface area contributed by atoms with E-state index in [9.17, 15) is 0 Å². The van der Waals surface area contributed by atoms with Crippen LogP contribution in [0.25, 0.3) is 0 Å². The number of hydrogen-bond acceptors (Lipinski definition) is 2. The normalized spacial score (nSPS) is 12.3. The summed E-state index contributed by atoms with van der Waals surface area (Å²) in [5.74, 6) is 0. The van der Waals surface area contributed by atoms with Crippen LogP contribution >= 0.6 is 27.3 Å². The van der Waals surface area contributed by atoms with Crippen molar-refractivity contribution in [2.24, 2.45) is 5.73 Å². The third-order valence-electron chi connectivity index (χ3n) is 3.54. The van der Waals surface area contributed by atoms with Crippen molar-refractivity contribution in [3.63, 3.8) is 0 Å². The van der Waals surface area contributed by atoms with Gasteiger partial charge in [0.1, 0.15) is 0 Å². The fourth-order valence-corrected chi connectivity index (χ4v) is 3.57. The van der Waals surface area contributed by atoms with Crippen molar-refractivity contribution in [1.29, 1.82) is 0 Å². The van der Waals surface area contributed by atoms with E-state index in [1.165, 1.54) is 11.1 Å². The molecular formula is C18H16BrNS. The summed E-state index contributed by atoms with van der Waals surface area (Å²) < 4.78 is 1.12. The van der Waals surface area contributed by atoms with Gasteiger partial charge in [0.2, 0.25) is 0 Å². The summed E-state index contributed by atoms with van der Waals surface area (Å²) in [5.41, 5.74) is 11.3. The maximum Gasteiger partial charge on any atom is 0.0701 e. The van der Waals surface area contributed by atoms with E-state index >= 15 is 0 Å². The Morgan fingerprint density at radius 1 is 0.905 bits per heavy atom. The number of thiophene rings is 1. The zero-order chi connectivity index (χ0) is 14.7. The molecule has 1 unspecified atom stereocenters. The second kappa shape index (κ2) is 6.56. The summed E-state index contributed by atoms with van der Waals surface area (Å²) >= 11 is 5.15. The third-order valence-corrected chi connectivity index (χ3v) is 5.06. The van der Waals surface area contributed by atoms with E-state index in [1.807, 2.05) is 6.07 Å². The van der Waals surface area contributed by atoms with Crippen molar-refractivity contribution in [2.75, 3.05) is 0 Å². The lowest BCUT2D eigenvalue weighted by Gasteiger charge is -2.11. The largest absolute Gasteiger partial charge is 0.320 e. The minimum Gasteiger partial charge on any atom is -0.320 e. The maximum absolute atomic E-state index is 6.32. The Bertz CT molecular complexity index is 704. The summed E-state index contributed by atoms with van der Waals surface area (Å²) in [7, 11) is 0. The van der Waals surface area contributed by atoms with Crippen LogP contribution in [0.2, 0.25) is 0 Å². The van der Waals surface area contributed by atoms with Gasteiger partial charge in [0.05, 0.1) is 9.83 Å². The molecule has 3 rings (SSSR count). The molecule has 3 heteroatoms. The Balaban J connectivity index is 1.75. The lowest BCUT2D eigenvalue weighted by molar-refractivity contribution is 0.875. The lowest BCUT2D eigenvalue weighted by atomic mass is 9.98. The summed E-state index contributed by atoms with van der Waals surface area (Å²) in [6.07, 6.45) is 0.959. The van der Waals surface area contributed by atoms with Gasteiger partial charge >= 0.3 is 0 Å². The molecule has 1 nitrogen and oxygen atoms in total. The topological polar surface area (TPSA) is 26.0 Å². The highest BCUT2D eigenvalue weighted by molar-refractivity contribution is 9.11. The molecule has 0 fully saturated rings. The molecule has 0 aliphatic heterocycles. The van der Waals surface area contributed by atoms with E-state index < -0.39 is 0 Å². The monoisotopic (exact) mass is 357 g/mol. The van der Waals surface area contributed by atoms with Gasteiger partial charge in [0.15, 0.2) is 0 Å². The summed E-state index contributed by atoms with van der Waals surface area (Å²) in [4.78, 5) is 0. The van der Waals surface area contributed by atoms with Crippen molar-refractivity contribution in [1.82, 2.24) is 0 Å². The number of halogens is 1. The quantitative estimate of drug-likeness (QED) is 0.686. The second-order valence-electron chi connectivity index (χ2n) is 5.07. The first kappa shape index (κ1) is 14.5. The Kier molecular flexibility index (Phi) is 4.54. The molecule has 0 saturated heterocycles. The van der Waals surface area contributed by atoms with Crippen molar-refractivity contribution >= 4 is 27.3 Å². The predicted octanol–water partition coefficient (Wildman–Crippen LogP) is 5.15. The van der Waals surface area contributed by atoms with Crippen molar-refractivity contribution in [3.05, 3.63) is 92.1 Å². The van der Waals surface area contributed by atoms with Crippen LogP contribution in [0.15, 0.2) is 69.8 Å². The van der Waals surface area contributed by atoms with Gasteiger partial charge in [-0.3, -0.25) is 0 Å². The molecular weight excluding hydrogens is 342 g/mol. The van der Waals surface area contributed by atoms with Gasteiger partial charge in [0.25, 0.3) is 0 Å².